The zero-order valence-corrected chi connectivity index (χ0v) is 11.5. The molecule has 0 aliphatic rings. The fourth-order valence-electron chi connectivity index (χ4n) is 1.58. The van der Waals surface area contributed by atoms with E-state index in [1.807, 2.05) is 0 Å². The maximum Gasteiger partial charge on any atom is 0.244 e. The molecule has 98 valence electrons. The summed E-state index contributed by atoms with van der Waals surface area (Å²) in [5.41, 5.74) is -1.04. The van der Waals surface area contributed by atoms with E-state index >= 15 is 0 Å². The van der Waals surface area contributed by atoms with E-state index in [-0.39, 0.29) is 11.4 Å². The van der Waals surface area contributed by atoms with Gasteiger partial charge in [-0.1, -0.05) is 6.92 Å². The Bertz CT molecular complexity index is 471. The Morgan fingerprint density at radius 1 is 1.47 bits per heavy atom. The van der Waals surface area contributed by atoms with Crippen molar-refractivity contribution in [3.05, 3.63) is 18.5 Å². The molecule has 0 atom stereocenters. The van der Waals surface area contributed by atoms with Crippen LogP contribution in [0.5, 0.6) is 0 Å². The van der Waals surface area contributed by atoms with Gasteiger partial charge in [0.15, 0.2) is 0 Å². The highest BCUT2D eigenvalue weighted by atomic mass is 32.2. The van der Waals surface area contributed by atoms with Gasteiger partial charge in [-0.2, -0.15) is 4.31 Å². The van der Waals surface area contributed by atoms with Crippen molar-refractivity contribution in [2.24, 2.45) is 7.05 Å². The minimum absolute atomic E-state index is 0.0841. The summed E-state index contributed by atoms with van der Waals surface area (Å²) in [5.74, 6) is 0. The molecule has 0 unspecified atom stereocenters. The van der Waals surface area contributed by atoms with Crippen LogP contribution in [0.15, 0.2) is 23.4 Å². The van der Waals surface area contributed by atoms with Crippen LogP contribution in [0.3, 0.4) is 0 Å². The molecule has 0 amide bonds. The molecule has 1 N–H and O–H groups in total. The summed E-state index contributed by atoms with van der Waals surface area (Å²) in [6.45, 7) is 5.36. The number of aryl methyl sites for hydroxylation is 1. The first-order chi connectivity index (χ1) is 7.66. The third-order valence-electron chi connectivity index (χ3n) is 2.36. The highest BCUT2D eigenvalue weighted by molar-refractivity contribution is 7.89. The fourth-order valence-corrected chi connectivity index (χ4v) is 3.23. The summed E-state index contributed by atoms with van der Waals surface area (Å²) in [7, 11) is -1.74. The molecule has 5 nitrogen and oxygen atoms in total. The molecule has 1 aromatic rings. The molecule has 1 heterocycles. The van der Waals surface area contributed by atoms with Gasteiger partial charge < -0.3 is 9.67 Å². The summed E-state index contributed by atoms with van der Waals surface area (Å²) >= 11 is 0. The van der Waals surface area contributed by atoms with Crippen LogP contribution >= 0.6 is 0 Å². The Morgan fingerprint density at radius 3 is 2.41 bits per heavy atom. The Balaban J connectivity index is 3.03. The third-order valence-corrected chi connectivity index (χ3v) is 4.26. The Kier molecular flexibility index (Phi) is 4.01. The van der Waals surface area contributed by atoms with E-state index in [0.717, 1.165) is 0 Å². The van der Waals surface area contributed by atoms with E-state index < -0.39 is 15.6 Å². The van der Waals surface area contributed by atoms with Crippen LogP contribution in [0.1, 0.15) is 20.8 Å². The lowest BCUT2D eigenvalue weighted by Gasteiger charge is -2.26. The van der Waals surface area contributed by atoms with Crippen molar-refractivity contribution in [2.75, 3.05) is 13.1 Å². The first-order valence-electron chi connectivity index (χ1n) is 5.51. The zero-order chi connectivity index (χ0) is 13.3. The van der Waals surface area contributed by atoms with Crippen LogP contribution in [0, 0.1) is 0 Å². The van der Waals surface area contributed by atoms with E-state index in [1.54, 1.807) is 50.8 Å². The van der Waals surface area contributed by atoms with Crippen LogP contribution < -0.4 is 0 Å². The molecule has 0 spiro atoms. The van der Waals surface area contributed by atoms with Crippen molar-refractivity contribution in [1.82, 2.24) is 8.87 Å². The van der Waals surface area contributed by atoms with Gasteiger partial charge in [0.1, 0.15) is 0 Å². The van der Waals surface area contributed by atoms with Crippen molar-refractivity contribution in [1.29, 1.82) is 0 Å². The normalized spacial score (nSPS) is 13.3. The molecule has 6 heteroatoms. The number of hydrogen-bond donors (Lipinski definition) is 1. The number of hydrogen-bond acceptors (Lipinski definition) is 3. The minimum Gasteiger partial charge on any atom is -0.389 e. The molecule has 0 aromatic carbocycles. The Hall–Kier alpha value is -0.850. The average Bonchev–Trinajstić information content (AvgIpc) is 2.60. The van der Waals surface area contributed by atoms with Crippen LogP contribution in [0.4, 0.5) is 0 Å². The lowest BCUT2D eigenvalue weighted by Crippen LogP contribution is -2.41. The summed E-state index contributed by atoms with van der Waals surface area (Å²) in [4.78, 5) is 0.256. The maximum absolute atomic E-state index is 12.3. The van der Waals surface area contributed by atoms with Gasteiger partial charge in [0.05, 0.1) is 10.5 Å². The first-order valence-corrected chi connectivity index (χ1v) is 6.95. The molecule has 0 saturated carbocycles. The van der Waals surface area contributed by atoms with Gasteiger partial charge in [-0.15, -0.1) is 0 Å². The predicted octanol–water partition coefficient (Wildman–Crippen LogP) is 0.807. The minimum atomic E-state index is -3.51. The molecule has 0 radical (unpaired) electrons. The van der Waals surface area contributed by atoms with Crippen LogP contribution in [-0.2, 0) is 17.1 Å². The SMILES string of the molecule is CCN(CC(C)(C)O)S(=O)(=O)c1ccn(C)c1. The molecule has 17 heavy (non-hydrogen) atoms. The monoisotopic (exact) mass is 260 g/mol. The van der Waals surface area contributed by atoms with Crippen molar-refractivity contribution >= 4 is 10.0 Å². The van der Waals surface area contributed by atoms with Crippen molar-refractivity contribution < 1.29 is 13.5 Å². The van der Waals surface area contributed by atoms with E-state index in [2.05, 4.69) is 0 Å². The first kappa shape index (κ1) is 14.2. The second-order valence-electron chi connectivity index (χ2n) is 4.76. The standard InChI is InChI=1S/C11H20N2O3S/c1-5-13(9-11(2,3)14)17(15,16)10-6-7-12(4)8-10/h6-8,14H,5,9H2,1-4H3. The number of likely N-dealkylation sites (N-methyl/N-ethyl adjacent to an activating group) is 1. The largest absolute Gasteiger partial charge is 0.389 e. The smallest absolute Gasteiger partial charge is 0.244 e. The van der Waals surface area contributed by atoms with Crippen LogP contribution in [-0.4, -0.2) is 41.1 Å². The summed E-state index contributed by atoms with van der Waals surface area (Å²) in [5, 5.41) is 9.72. The summed E-state index contributed by atoms with van der Waals surface area (Å²) in [6, 6.07) is 1.56. The van der Waals surface area contributed by atoms with Crippen LogP contribution in [0.2, 0.25) is 0 Å². The quantitative estimate of drug-likeness (QED) is 0.852. The van der Waals surface area contributed by atoms with Gasteiger partial charge in [0.25, 0.3) is 0 Å². The van der Waals surface area contributed by atoms with Crippen molar-refractivity contribution in [2.45, 2.75) is 31.3 Å². The third kappa shape index (κ3) is 3.55. The van der Waals surface area contributed by atoms with E-state index in [4.69, 9.17) is 0 Å². The van der Waals surface area contributed by atoms with Gasteiger partial charge >= 0.3 is 0 Å². The fraction of sp³-hybridized carbons (Fsp3) is 0.636. The molecule has 1 rings (SSSR count). The molecule has 0 bridgehead atoms. The highest BCUT2D eigenvalue weighted by Gasteiger charge is 2.28. The Labute approximate surface area is 103 Å². The number of aliphatic hydroxyl groups is 1. The second kappa shape index (κ2) is 4.80. The average molecular weight is 260 g/mol. The van der Waals surface area contributed by atoms with E-state index in [9.17, 15) is 13.5 Å². The van der Waals surface area contributed by atoms with E-state index in [0.29, 0.717) is 6.54 Å². The molecular weight excluding hydrogens is 240 g/mol. The lowest BCUT2D eigenvalue weighted by molar-refractivity contribution is 0.0601. The summed E-state index contributed by atoms with van der Waals surface area (Å²) in [6.07, 6.45) is 3.24. The molecule has 0 aliphatic heterocycles. The number of aromatic nitrogens is 1. The van der Waals surface area contributed by atoms with E-state index in [1.165, 1.54) is 4.31 Å². The second-order valence-corrected chi connectivity index (χ2v) is 6.69. The predicted molar refractivity (Wildman–Crippen MR) is 66.1 cm³/mol. The topological polar surface area (TPSA) is 62.5 Å². The molecule has 0 saturated heterocycles. The number of nitrogens with zero attached hydrogens (tertiary/aromatic N) is 2. The van der Waals surface area contributed by atoms with Gasteiger partial charge in [-0.05, 0) is 19.9 Å². The molecule has 0 aliphatic carbocycles. The molecule has 1 aromatic heterocycles. The van der Waals surface area contributed by atoms with Gasteiger partial charge in [-0.25, -0.2) is 8.42 Å². The van der Waals surface area contributed by atoms with Crippen molar-refractivity contribution in [3.63, 3.8) is 0 Å². The van der Waals surface area contributed by atoms with Gasteiger partial charge in [0, 0.05) is 32.5 Å². The zero-order valence-electron chi connectivity index (χ0n) is 10.7. The highest BCUT2D eigenvalue weighted by Crippen LogP contribution is 2.18. The number of rotatable bonds is 5. The van der Waals surface area contributed by atoms with Gasteiger partial charge in [0.2, 0.25) is 10.0 Å². The molecule has 0 fully saturated rings. The maximum atomic E-state index is 12.3. The van der Waals surface area contributed by atoms with Crippen molar-refractivity contribution in [3.8, 4) is 0 Å². The lowest BCUT2D eigenvalue weighted by atomic mass is 10.1. The van der Waals surface area contributed by atoms with Gasteiger partial charge in [-0.3, -0.25) is 0 Å². The number of sulfonamides is 1. The molecular formula is C11H20N2O3S. The van der Waals surface area contributed by atoms with Crippen LogP contribution in [0.25, 0.3) is 0 Å². The Morgan fingerprint density at radius 2 is 2.06 bits per heavy atom. The summed E-state index contributed by atoms with van der Waals surface area (Å²) < 4.78 is 27.5.